The second kappa shape index (κ2) is 36.6. The van der Waals surface area contributed by atoms with Gasteiger partial charge in [0.25, 0.3) is 33.3 Å². The number of nitrogens with zero attached hydrogens (tertiary/aromatic N) is 4. The minimum Gasteiger partial charge on any atom is -0.404 e. The van der Waals surface area contributed by atoms with Crippen LogP contribution in [0.3, 0.4) is 0 Å². The summed E-state index contributed by atoms with van der Waals surface area (Å²) in [5, 5.41) is 15.9. The maximum atomic E-state index is 8.15. The summed E-state index contributed by atoms with van der Waals surface area (Å²) in [6, 6.07) is 114. The van der Waals surface area contributed by atoms with Crippen molar-refractivity contribution in [3.8, 4) is 22.3 Å². The standard InChI is InChI=1S/C104H116N4O4Si4/c1-5-9-65-105-73-85-33-13-21-41-97(85)113(98-42-22-14-34-86(98)74-105)93-57-49-81(50-58-93)82-51-59-94(60-52-82)115(101-45-25-17-37-89(101)77-107(67-11-7-3)78-90-38-18-26-46-102(90)115)111-71-31-32-72-112-116(103-47-27-19-39-91(103)79-108(68-12-8-4)80-92-40-20-28-48-104(92)116)96-63-55-84(56-64-96)83-53-61-95(62-54-83)114(110-70-30-29-69-109-113)99-43-23-15-35-87(99)75-106(66-10-6-2)76-88-36-16-24-44-100(88)114/h13-28,33-64H,5-12,29-32,65-80H2,1-4H3. The van der Waals surface area contributed by atoms with Crippen LogP contribution >= 0.6 is 0 Å². The lowest BCUT2D eigenvalue weighted by molar-refractivity contribution is 0.248. The molecule has 0 saturated heterocycles. The van der Waals surface area contributed by atoms with E-state index in [0.29, 0.717) is 26.4 Å². The van der Waals surface area contributed by atoms with Crippen molar-refractivity contribution in [3.63, 3.8) is 0 Å². The van der Waals surface area contributed by atoms with E-state index in [4.69, 9.17) is 17.7 Å². The Balaban J connectivity index is 0.812. The van der Waals surface area contributed by atoms with Gasteiger partial charge in [0, 0.05) is 78.8 Å². The predicted octanol–water partition coefficient (Wildman–Crippen LogP) is 14.7. The largest absolute Gasteiger partial charge is 0.404 e. The Labute approximate surface area is 695 Å². The molecule has 0 aliphatic carbocycles. The summed E-state index contributed by atoms with van der Waals surface area (Å²) in [7, 11) is -13.1. The zero-order valence-electron chi connectivity index (χ0n) is 68.9. The molecular formula is C104H116N4O4Si4. The maximum Gasteiger partial charge on any atom is 0.288 e. The highest BCUT2D eigenvalue weighted by Crippen LogP contribution is 2.31. The normalized spacial score (nSPS) is 17.7. The zero-order valence-corrected chi connectivity index (χ0v) is 72.9. The van der Waals surface area contributed by atoms with E-state index in [-0.39, 0.29) is 0 Å². The van der Waals surface area contributed by atoms with Gasteiger partial charge in [-0.1, -0.05) is 345 Å². The predicted molar refractivity (Wildman–Crippen MR) is 492 cm³/mol. The summed E-state index contributed by atoms with van der Waals surface area (Å²) in [5.74, 6) is 0. The van der Waals surface area contributed by atoms with Crippen molar-refractivity contribution in [2.45, 2.75) is 157 Å². The molecule has 11 aliphatic rings. The van der Waals surface area contributed by atoms with E-state index in [0.717, 1.165) is 156 Å². The lowest BCUT2D eigenvalue weighted by Crippen LogP contribution is -2.72. The molecule has 12 aromatic rings. The van der Waals surface area contributed by atoms with E-state index in [1.807, 2.05) is 0 Å². The van der Waals surface area contributed by atoms with Crippen molar-refractivity contribution in [3.05, 3.63) is 336 Å². The molecule has 0 aromatic heterocycles. The third kappa shape index (κ3) is 15.8. The Kier molecular flexibility index (Phi) is 25.1. The molecule has 8 bridgehead atoms. The van der Waals surface area contributed by atoms with E-state index < -0.39 is 33.3 Å². The van der Waals surface area contributed by atoms with E-state index in [1.54, 1.807) is 0 Å². The molecule has 11 aliphatic heterocycles. The number of rotatable bonds is 12. The van der Waals surface area contributed by atoms with E-state index in [1.165, 1.54) is 129 Å². The Hall–Kier alpha value is -8.81. The second-order valence-electron chi connectivity index (χ2n) is 33.4. The summed E-state index contributed by atoms with van der Waals surface area (Å²) in [6.07, 6.45) is 12.6. The molecule has 0 unspecified atom stereocenters. The minimum atomic E-state index is -3.27. The van der Waals surface area contributed by atoms with Gasteiger partial charge in [-0.25, -0.2) is 0 Å². The van der Waals surface area contributed by atoms with Crippen molar-refractivity contribution >= 4 is 95.5 Å². The summed E-state index contributed by atoms with van der Waals surface area (Å²) in [4.78, 5) is 10.7. The van der Waals surface area contributed by atoms with E-state index in [9.17, 15) is 0 Å². The molecule has 11 heterocycles. The third-order valence-corrected chi connectivity index (χ3v) is 42.9. The number of hydrogen-bond donors (Lipinski definition) is 0. The highest BCUT2D eigenvalue weighted by Gasteiger charge is 2.51. The summed E-state index contributed by atoms with van der Waals surface area (Å²) in [6.45, 7) is 22.8. The molecule has 12 aromatic carbocycles. The fourth-order valence-corrected chi connectivity index (χ4v) is 37.5. The Morgan fingerprint density at radius 1 is 0.207 bits per heavy atom. The molecule has 592 valence electrons. The molecule has 0 saturated carbocycles. The molecule has 4 spiro atoms. The van der Waals surface area contributed by atoms with Crippen LogP contribution in [0.15, 0.2) is 291 Å². The van der Waals surface area contributed by atoms with Gasteiger partial charge < -0.3 is 17.7 Å². The van der Waals surface area contributed by atoms with Crippen molar-refractivity contribution in [2.24, 2.45) is 0 Å². The number of benzene rings is 12. The van der Waals surface area contributed by atoms with Crippen LogP contribution in [0.1, 0.15) is 149 Å². The molecule has 0 amide bonds. The Morgan fingerprint density at radius 2 is 0.362 bits per heavy atom. The molecular weight excluding hydrogens is 1480 g/mol. The Bertz CT molecular complexity index is 4450. The Morgan fingerprint density at radius 3 is 0.517 bits per heavy atom. The van der Waals surface area contributed by atoms with Crippen LogP contribution < -0.4 is 62.2 Å². The van der Waals surface area contributed by atoms with Gasteiger partial charge in [0.05, 0.1) is 0 Å². The quantitative estimate of drug-likeness (QED) is 0.112. The van der Waals surface area contributed by atoms with Gasteiger partial charge in [-0.2, -0.15) is 0 Å². The minimum absolute atomic E-state index is 0.589. The van der Waals surface area contributed by atoms with Crippen molar-refractivity contribution in [1.29, 1.82) is 0 Å². The maximum absolute atomic E-state index is 8.15. The molecule has 0 radical (unpaired) electrons. The number of hydrogen-bond acceptors (Lipinski definition) is 8. The van der Waals surface area contributed by atoms with E-state index >= 15 is 0 Å². The molecule has 0 fully saturated rings. The van der Waals surface area contributed by atoms with Crippen LogP contribution in [0.2, 0.25) is 0 Å². The smallest absolute Gasteiger partial charge is 0.288 e. The monoisotopic (exact) mass is 1600 g/mol. The van der Waals surface area contributed by atoms with Crippen LogP contribution in [0.4, 0.5) is 0 Å². The molecule has 12 heteroatoms. The molecule has 0 atom stereocenters. The average molecular weight is 1600 g/mol. The van der Waals surface area contributed by atoms with Crippen LogP contribution in [0, 0.1) is 0 Å². The van der Waals surface area contributed by atoms with Crippen molar-refractivity contribution in [2.75, 3.05) is 52.6 Å². The average Bonchev–Trinajstić information content (AvgIpc) is 0.749. The first-order valence-electron chi connectivity index (χ1n) is 43.8. The lowest BCUT2D eigenvalue weighted by atomic mass is 10.1. The third-order valence-electron chi connectivity index (χ3n) is 25.8. The van der Waals surface area contributed by atoms with Crippen molar-refractivity contribution < 1.29 is 17.7 Å². The van der Waals surface area contributed by atoms with E-state index in [2.05, 4.69) is 338 Å². The SMILES string of the molecule is CCCCN1Cc2ccccc2[Si]2(OCCCCO[Si]3(c4ccc(cc4)-c4ccc(cc4)[Si]4(OCCCCO[Si]5(c6ccc(cc6)-c6ccc2cc6)c2ccccc2CN(CCCC)Cc2ccccc25)c2ccccc2CN(CCCC)Cc2ccccc24)c2ccccc2CN(CCCC)Cc2ccccc23)c2ccccc2C1. The topological polar surface area (TPSA) is 49.9 Å². The van der Waals surface area contributed by atoms with Gasteiger partial charge in [0.2, 0.25) is 0 Å². The number of unbranched alkanes of at least 4 members (excludes halogenated alkanes) is 4. The summed E-state index contributed by atoms with van der Waals surface area (Å²) >= 11 is 0. The van der Waals surface area contributed by atoms with Crippen molar-refractivity contribution in [1.82, 2.24) is 19.6 Å². The van der Waals surface area contributed by atoms with Gasteiger partial charge in [-0.05, 0) is 207 Å². The van der Waals surface area contributed by atoms with Crippen LogP contribution in [-0.2, 0) is 70.1 Å². The zero-order chi connectivity index (χ0) is 78.7. The van der Waals surface area contributed by atoms with Gasteiger partial charge in [0.15, 0.2) is 0 Å². The molecule has 8 nitrogen and oxygen atoms in total. The summed E-state index contributed by atoms with van der Waals surface area (Å²) < 4.78 is 32.6. The van der Waals surface area contributed by atoms with Gasteiger partial charge >= 0.3 is 0 Å². The van der Waals surface area contributed by atoms with Crippen LogP contribution in [-0.4, -0.2) is 105 Å². The van der Waals surface area contributed by atoms with Crippen LogP contribution in [0.5, 0.6) is 0 Å². The number of fused-ring (bicyclic) bond motifs is 8. The fraction of sp³-hybridized carbons (Fsp3) is 0.308. The molecule has 0 N–H and O–H groups in total. The highest BCUT2D eigenvalue weighted by atomic mass is 28.4. The van der Waals surface area contributed by atoms with Gasteiger partial charge in [-0.3, -0.25) is 19.6 Å². The molecule has 116 heavy (non-hydrogen) atoms. The lowest BCUT2D eigenvalue weighted by Gasteiger charge is -2.40. The summed E-state index contributed by atoms with van der Waals surface area (Å²) in [5.41, 5.74) is 15.7. The molecule has 23 rings (SSSR count). The first-order valence-corrected chi connectivity index (χ1v) is 51.5. The van der Waals surface area contributed by atoms with Gasteiger partial charge in [0.1, 0.15) is 0 Å². The first kappa shape index (κ1) is 79.6. The van der Waals surface area contributed by atoms with Crippen LogP contribution in [0.25, 0.3) is 22.3 Å². The van der Waals surface area contributed by atoms with Gasteiger partial charge in [-0.15, -0.1) is 0 Å². The second-order valence-corrected chi connectivity index (χ2v) is 46.6. The highest BCUT2D eigenvalue weighted by molar-refractivity contribution is 7.09. The fourth-order valence-electron chi connectivity index (χ4n) is 20.0. The first-order chi connectivity index (χ1) is 57.3.